The number of hydrogen-bond donors (Lipinski definition) is 3. The Morgan fingerprint density at radius 2 is 2.21 bits per heavy atom. The van der Waals surface area contributed by atoms with Gasteiger partial charge in [0.15, 0.2) is 29.4 Å². The van der Waals surface area contributed by atoms with Gasteiger partial charge in [-0.25, -0.2) is 19.3 Å². The minimum Gasteiger partial charge on any atom is -0.394 e. The molecule has 0 bridgehead atoms. The quantitative estimate of drug-likeness (QED) is 0.693. The second kappa shape index (κ2) is 6.80. The molecule has 3 heterocycles. The summed E-state index contributed by atoms with van der Waals surface area (Å²) < 4.78 is 21.1. The summed E-state index contributed by atoms with van der Waals surface area (Å²) in [5, 5.41) is 22.1. The van der Waals surface area contributed by atoms with Crippen LogP contribution in [-0.2, 0) is 4.74 Å². The van der Waals surface area contributed by atoms with Crippen molar-refractivity contribution in [2.75, 3.05) is 18.5 Å². The highest BCUT2D eigenvalue weighted by molar-refractivity contribution is 5.82. The van der Waals surface area contributed by atoms with E-state index >= 15 is 0 Å². The number of nitrogens with zero attached hydrogens (tertiary/aromatic N) is 4. The van der Waals surface area contributed by atoms with Crippen molar-refractivity contribution in [1.29, 1.82) is 0 Å². The predicted octanol–water partition coefficient (Wildman–Crippen LogP) is 0.793. The molecule has 8 nitrogen and oxygen atoms in total. The summed E-state index contributed by atoms with van der Waals surface area (Å²) in [6, 6.07) is 0. The number of nitrogens with one attached hydrogen (secondary N) is 1. The Morgan fingerprint density at radius 1 is 1.42 bits per heavy atom. The van der Waals surface area contributed by atoms with E-state index in [1.54, 1.807) is 0 Å². The van der Waals surface area contributed by atoms with Crippen molar-refractivity contribution in [2.45, 2.75) is 38.5 Å². The number of ether oxygens (including phenoxy) is 1. The summed E-state index contributed by atoms with van der Waals surface area (Å²) in [5.74, 6) is 0.531. The molecule has 2 aromatic rings. The van der Waals surface area contributed by atoms with Crippen LogP contribution < -0.4 is 5.32 Å². The third kappa shape index (κ3) is 2.97. The van der Waals surface area contributed by atoms with E-state index in [1.807, 2.05) is 19.9 Å². The summed E-state index contributed by atoms with van der Waals surface area (Å²) in [4.78, 5) is 12.5. The number of alkyl halides is 1. The van der Waals surface area contributed by atoms with Crippen molar-refractivity contribution in [1.82, 2.24) is 19.5 Å². The van der Waals surface area contributed by atoms with E-state index in [2.05, 4.69) is 20.3 Å². The maximum absolute atomic E-state index is 14.3. The van der Waals surface area contributed by atoms with Gasteiger partial charge >= 0.3 is 0 Å². The van der Waals surface area contributed by atoms with Gasteiger partial charge in [0.25, 0.3) is 0 Å². The van der Waals surface area contributed by atoms with E-state index in [0.29, 0.717) is 23.5 Å². The highest BCUT2D eigenvalue weighted by Gasteiger charge is 2.45. The molecule has 0 saturated carbocycles. The number of anilines is 1. The van der Waals surface area contributed by atoms with Crippen LogP contribution in [0, 0.1) is 0 Å². The van der Waals surface area contributed by atoms with Crippen molar-refractivity contribution in [3.63, 3.8) is 0 Å². The normalized spacial score (nSPS) is 26.7. The first-order valence-electron chi connectivity index (χ1n) is 7.66. The summed E-state index contributed by atoms with van der Waals surface area (Å²) in [6.07, 6.45) is -0.388. The second-order valence-corrected chi connectivity index (χ2v) is 5.89. The van der Waals surface area contributed by atoms with Crippen molar-refractivity contribution in [3.05, 3.63) is 24.3 Å². The molecule has 0 aliphatic carbocycles. The molecule has 1 unspecified atom stereocenters. The van der Waals surface area contributed by atoms with Gasteiger partial charge in [0.1, 0.15) is 18.5 Å². The van der Waals surface area contributed by atoms with Gasteiger partial charge in [-0.3, -0.25) is 4.57 Å². The number of rotatable bonds is 5. The van der Waals surface area contributed by atoms with Gasteiger partial charge in [-0.1, -0.05) is 11.6 Å². The molecule has 0 spiro atoms. The lowest BCUT2D eigenvalue weighted by molar-refractivity contribution is -0.0459. The lowest BCUT2D eigenvalue weighted by Crippen LogP contribution is -2.30. The molecule has 1 saturated heterocycles. The van der Waals surface area contributed by atoms with Gasteiger partial charge in [0, 0.05) is 6.54 Å². The molecule has 0 amide bonds. The molecule has 3 N–H and O–H groups in total. The minimum absolute atomic E-state index is 0.392. The van der Waals surface area contributed by atoms with Crippen LogP contribution in [0.15, 0.2) is 24.3 Å². The summed E-state index contributed by atoms with van der Waals surface area (Å²) >= 11 is 0. The number of aliphatic hydroxyl groups excluding tert-OH is 2. The van der Waals surface area contributed by atoms with Gasteiger partial charge in [-0.05, 0) is 13.8 Å². The predicted molar refractivity (Wildman–Crippen MR) is 85.1 cm³/mol. The summed E-state index contributed by atoms with van der Waals surface area (Å²) in [7, 11) is 0. The Hall–Kier alpha value is -2.10. The topological polar surface area (TPSA) is 105 Å². The van der Waals surface area contributed by atoms with Gasteiger partial charge in [0.2, 0.25) is 0 Å². The molecule has 9 heteroatoms. The van der Waals surface area contributed by atoms with Gasteiger partial charge < -0.3 is 20.3 Å². The first-order chi connectivity index (χ1) is 11.5. The minimum atomic E-state index is -1.68. The number of fused-ring (bicyclic) bond motifs is 1. The SMILES string of the molecule is CC(C)=CCNc1ncnc2c1ncn2[C@@H]1O[C@H](CO)C(O)[C@@H]1F. The lowest BCUT2D eigenvalue weighted by Gasteiger charge is -2.15. The third-order valence-corrected chi connectivity index (χ3v) is 3.89. The maximum atomic E-state index is 14.3. The number of allylic oxidation sites excluding steroid dienone is 1. The molecule has 3 rings (SSSR count). The first-order valence-corrected chi connectivity index (χ1v) is 7.66. The zero-order valence-corrected chi connectivity index (χ0v) is 13.4. The van der Waals surface area contributed by atoms with Crippen molar-refractivity contribution < 1.29 is 19.3 Å². The summed E-state index contributed by atoms with van der Waals surface area (Å²) in [5.41, 5.74) is 2.04. The fourth-order valence-electron chi connectivity index (χ4n) is 2.60. The molecular weight excluding hydrogens is 317 g/mol. The number of aliphatic hydroxyl groups is 2. The molecule has 2 aromatic heterocycles. The Labute approximate surface area is 138 Å². The van der Waals surface area contributed by atoms with Crippen LogP contribution in [0.5, 0.6) is 0 Å². The van der Waals surface area contributed by atoms with Crippen molar-refractivity contribution in [2.24, 2.45) is 0 Å². The Morgan fingerprint density at radius 3 is 2.88 bits per heavy atom. The van der Waals surface area contributed by atoms with Crippen LogP contribution in [0.25, 0.3) is 11.2 Å². The van der Waals surface area contributed by atoms with Crippen LogP contribution in [0.3, 0.4) is 0 Å². The summed E-state index contributed by atoms with van der Waals surface area (Å²) in [6.45, 7) is 4.11. The number of aromatic nitrogens is 4. The number of hydrogen-bond acceptors (Lipinski definition) is 7. The van der Waals surface area contributed by atoms with E-state index in [-0.39, 0.29) is 0 Å². The molecule has 0 aromatic carbocycles. The van der Waals surface area contributed by atoms with Gasteiger partial charge in [0.05, 0.1) is 12.9 Å². The molecule has 1 aliphatic rings. The molecule has 130 valence electrons. The monoisotopic (exact) mass is 337 g/mol. The molecular formula is C15H20FN5O3. The fraction of sp³-hybridized carbons (Fsp3) is 0.533. The van der Waals surface area contributed by atoms with Crippen LogP contribution in [-0.4, -0.2) is 61.3 Å². The molecule has 4 atom stereocenters. The lowest BCUT2D eigenvalue weighted by atomic mass is 10.1. The Bertz CT molecular complexity index is 746. The van der Waals surface area contributed by atoms with E-state index in [4.69, 9.17) is 9.84 Å². The molecule has 24 heavy (non-hydrogen) atoms. The fourth-order valence-corrected chi connectivity index (χ4v) is 2.60. The standard InChI is InChI=1S/C15H20FN5O3/c1-8(2)3-4-17-13-11-14(19-6-18-13)21(7-20-11)15-10(16)12(23)9(5-22)24-15/h3,6-7,9-10,12,15,22-23H,4-5H2,1-2H3,(H,17,18,19)/t9-,10+,12?,15-/m1/s1. The number of halogens is 1. The van der Waals surface area contributed by atoms with Crippen molar-refractivity contribution >= 4 is 17.0 Å². The van der Waals surface area contributed by atoms with E-state index < -0.39 is 31.2 Å². The van der Waals surface area contributed by atoms with E-state index in [0.717, 1.165) is 0 Å². The highest BCUT2D eigenvalue weighted by Crippen LogP contribution is 2.33. The van der Waals surface area contributed by atoms with E-state index in [1.165, 1.54) is 22.8 Å². The van der Waals surface area contributed by atoms with Gasteiger partial charge in [-0.2, -0.15) is 0 Å². The molecule has 1 fully saturated rings. The zero-order chi connectivity index (χ0) is 17.3. The third-order valence-electron chi connectivity index (χ3n) is 3.89. The van der Waals surface area contributed by atoms with Crippen LogP contribution in [0.1, 0.15) is 20.1 Å². The van der Waals surface area contributed by atoms with Crippen LogP contribution >= 0.6 is 0 Å². The molecule has 0 radical (unpaired) electrons. The Kier molecular flexibility index (Phi) is 4.74. The van der Waals surface area contributed by atoms with Crippen LogP contribution in [0.2, 0.25) is 0 Å². The van der Waals surface area contributed by atoms with E-state index in [9.17, 15) is 9.50 Å². The zero-order valence-electron chi connectivity index (χ0n) is 13.4. The maximum Gasteiger partial charge on any atom is 0.173 e. The Balaban J connectivity index is 1.90. The average Bonchev–Trinajstić information content (AvgIpc) is 3.10. The van der Waals surface area contributed by atoms with Gasteiger partial charge in [-0.15, -0.1) is 0 Å². The first kappa shape index (κ1) is 16.7. The van der Waals surface area contributed by atoms with Crippen LogP contribution in [0.4, 0.5) is 10.2 Å². The number of imidazole rings is 1. The smallest absolute Gasteiger partial charge is 0.173 e. The molecule has 1 aliphatic heterocycles. The second-order valence-electron chi connectivity index (χ2n) is 5.89. The largest absolute Gasteiger partial charge is 0.394 e. The van der Waals surface area contributed by atoms with Crippen molar-refractivity contribution in [3.8, 4) is 0 Å². The highest BCUT2D eigenvalue weighted by atomic mass is 19.1. The average molecular weight is 337 g/mol.